The largest absolute Gasteiger partial charge is 0.417 e. The van der Waals surface area contributed by atoms with Crippen molar-refractivity contribution in [1.29, 1.82) is 0 Å². The van der Waals surface area contributed by atoms with Crippen molar-refractivity contribution in [1.82, 2.24) is 9.97 Å². The Hall–Kier alpha value is -2.62. The van der Waals surface area contributed by atoms with Gasteiger partial charge in [0.25, 0.3) is 0 Å². The first-order chi connectivity index (χ1) is 13.2. The minimum Gasteiger partial charge on any atom is -0.351 e. The number of anilines is 3. The molecule has 1 fully saturated rings. The van der Waals surface area contributed by atoms with E-state index in [0.29, 0.717) is 19.0 Å². The van der Waals surface area contributed by atoms with Gasteiger partial charge in [0.15, 0.2) is 0 Å². The Labute approximate surface area is 163 Å². The summed E-state index contributed by atoms with van der Waals surface area (Å²) in [7, 11) is 0. The van der Waals surface area contributed by atoms with Crippen molar-refractivity contribution >= 4 is 34.6 Å². The monoisotopic (exact) mass is 415 g/mol. The highest BCUT2D eigenvalue weighted by Gasteiger charge is 2.34. The van der Waals surface area contributed by atoms with E-state index in [1.165, 1.54) is 6.07 Å². The second kappa shape index (κ2) is 7.78. The highest BCUT2D eigenvalue weighted by Crippen LogP contribution is 2.39. The number of piperidine rings is 1. The fraction of sp³-hybridized carbons (Fsp3) is 0.412. The summed E-state index contributed by atoms with van der Waals surface area (Å²) in [5.74, 6) is 0.494. The fourth-order valence-electron chi connectivity index (χ4n) is 3.04. The molecule has 0 radical (unpaired) electrons. The molecule has 1 aliphatic heterocycles. The van der Waals surface area contributed by atoms with Gasteiger partial charge >= 0.3 is 11.9 Å². The van der Waals surface area contributed by atoms with Gasteiger partial charge < -0.3 is 10.2 Å². The first kappa shape index (κ1) is 20.1. The average Bonchev–Trinajstić information content (AvgIpc) is 2.62. The number of aromatic nitrogens is 2. The van der Waals surface area contributed by atoms with E-state index in [9.17, 15) is 23.3 Å². The molecule has 3 rings (SSSR count). The van der Waals surface area contributed by atoms with Crippen molar-refractivity contribution in [2.75, 3.05) is 23.3 Å². The predicted molar refractivity (Wildman–Crippen MR) is 99.0 cm³/mol. The van der Waals surface area contributed by atoms with Gasteiger partial charge in [-0.25, -0.2) is 9.97 Å². The number of halogens is 4. The number of hydrogen-bond donors (Lipinski definition) is 1. The molecular formula is C17H17ClF3N5O2. The van der Waals surface area contributed by atoms with E-state index in [2.05, 4.69) is 22.2 Å². The van der Waals surface area contributed by atoms with E-state index >= 15 is 0 Å². The number of alkyl halides is 3. The maximum absolute atomic E-state index is 13.1. The molecule has 0 spiro atoms. The van der Waals surface area contributed by atoms with Gasteiger partial charge in [0.2, 0.25) is 11.6 Å². The van der Waals surface area contributed by atoms with Gasteiger partial charge in [0.05, 0.1) is 15.5 Å². The van der Waals surface area contributed by atoms with Crippen LogP contribution in [-0.2, 0) is 6.18 Å². The molecule has 0 bridgehead atoms. The lowest BCUT2D eigenvalue weighted by atomic mass is 9.99. The van der Waals surface area contributed by atoms with Crippen LogP contribution in [0.25, 0.3) is 0 Å². The molecule has 0 atom stereocenters. The van der Waals surface area contributed by atoms with Crippen LogP contribution in [-0.4, -0.2) is 28.0 Å². The summed E-state index contributed by atoms with van der Waals surface area (Å²) in [4.78, 5) is 20.8. The SMILES string of the molecule is CC1CCN(c2ncnc(Nc3ccc(Cl)c(C(F)(F)F)c3)c2[N+](=O)[O-])CC1. The van der Waals surface area contributed by atoms with E-state index in [4.69, 9.17) is 11.6 Å². The van der Waals surface area contributed by atoms with Crippen molar-refractivity contribution in [2.24, 2.45) is 5.92 Å². The third kappa shape index (κ3) is 4.27. The van der Waals surface area contributed by atoms with Crippen molar-refractivity contribution < 1.29 is 18.1 Å². The van der Waals surface area contributed by atoms with Gasteiger partial charge in [0, 0.05) is 18.8 Å². The van der Waals surface area contributed by atoms with Gasteiger partial charge in [-0.15, -0.1) is 0 Å². The minimum atomic E-state index is -4.65. The van der Waals surface area contributed by atoms with Crippen molar-refractivity contribution in [3.8, 4) is 0 Å². The van der Waals surface area contributed by atoms with E-state index in [1.807, 2.05) is 0 Å². The zero-order valence-corrected chi connectivity index (χ0v) is 15.6. The number of rotatable bonds is 4. The van der Waals surface area contributed by atoms with Crippen LogP contribution in [0.4, 0.5) is 36.2 Å². The summed E-state index contributed by atoms with van der Waals surface area (Å²) in [6.45, 7) is 3.33. The van der Waals surface area contributed by atoms with Crippen LogP contribution in [0.3, 0.4) is 0 Å². The normalized spacial score (nSPS) is 15.5. The molecule has 1 aromatic heterocycles. The number of benzene rings is 1. The molecule has 1 N–H and O–H groups in total. The fourth-order valence-corrected chi connectivity index (χ4v) is 3.26. The molecular weight excluding hydrogens is 399 g/mol. The summed E-state index contributed by atoms with van der Waals surface area (Å²) in [5.41, 5.74) is -1.43. The molecule has 0 amide bonds. The Bertz CT molecular complexity index is 886. The molecule has 7 nitrogen and oxygen atoms in total. The Morgan fingerprint density at radius 1 is 1.29 bits per heavy atom. The van der Waals surface area contributed by atoms with Crippen molar-refractivity contribution in [2.45, 2.75) is 25.9 Å². The first-order valence-electron chi connectivity index (χ1n) is 8.55. The van der Waals surface area contributed by atoms with Gasteiger partial charge in [-0.1, -0.05) is 18.5 Å². The first-order valence-corrected chi connectivity index (χ1v) is 8.92. The van der Waals surface area contributed by atoms with Crippen LogP contribution in [0.2, 0.25) is 5.02 Å². The minimum absolute atomic E-state index is 0.0169. The summed E-state index contributed by atoms with van der Waals surface area (Å²) in [5, 5.41) is 13.8. The standard InChI is InChI=1S/C17H17ClF3N5O2/c1-10-4-6-25(7-5-10)16-14(26(27)28)15(22-9-23-16)24-11-2-3-13(18)12(8-11)17(19,20)21/h2-3,8-10H,4-7H2,1H3,(H,22,23,24). The molecule has 150 valence electrons. The van der Waals surface area contributed by atoms with Crippen LogP contribution in [0, 0.1) is 16.0 Å². The highest BCUT2D eigenvalue weighted by molar-refractivity contribution is 6.31. The summed E-state index contributed by atoms with van der Waals surface area (Å²) >= 11 is 5.62. The van der Waals surface area contributed by atoms with Crippen LogP contribution in [0.15, 0.2) is 24.5 Å². The van der Waals surface area contributed by atoms with Crippen molar-refractivity contribution in [3.63, 3.8) is 0 Å². The smallest absolute Gasteiger partial charge is 0.351 e. The van der Waals surface area contributed by atoms with Crippen molar-refractivity contribution in [3.05, 3.63) is 45.2 Å². The molecule has 11 heteroatoms. The highest BCUT2D eigenvalue weighted by atomic mass is 35.5. The van der Waals surface area contributed by atoms with Crippen LogP contribution >= 0.6 is 11.6 Å². The third-order valence-electron chi connectivity index (χ3n) is 4.60. The molecule has 2 aromatic rings. The molecule has 2 heterocycles. The lowest BCUT2D eigenvalue weighted by Crippen LogP contribution is -2.34. The summed E-state index contributed by atoms with van der Waals surface area (Å²) in [6, 6.07) is 3.16. The molecule has 28 heavy (non-hydrogen) atoms. The Morgan fingerprint density at radius 3 is 2.57 bits per heavy atom. The number of hydrogen-bond acceptors (Lipinski definition) is 6. The zero-order chi connectivity index (χ0) is 20.5. The third-order valence-corrected chi connectivity index (χ3v) is 4.93. The van der Waals surface area contributed by atoms with E-state index in [1.54, 1.807) is 4.90 Å². The predicted octanol–water partition coefficient (Wildman–Crippen LogP) is 5.04. The van der Waals surface area contributed by atoms with Gasteiger partial charge in [-0.3, -0.25) is 10.1 Å². The van der Waals surface area contributed by atoms with Crippen LogP contribution in [0.1, 0.15) is 25.3 Å². The van der Waals surface area contributed by atoms with Gasteiger partial charge in [0.1, 0.15) is 6.33 Å². The molecule has 0 aliphatic carbocycles. The molecule has 1 aromatic carbocycles. The summed E-state index contributed by atoms with van der Waals surface area (Å²) < 4.78 is 39.2. The van der Waals surface area contributed by atoms with Gasteiger partial charge in [-0.2, -0.15) is 13.2 Å². The van der Waals surface area contributed by atoms with E-state index in [0.717, 1.165) is 31.3 Å². The molecule has 1 aliphatic rings. The maximum atomic E-state index is 13.1. The Kier molecular flexibility index (Phi) is 5.59. The quantitative estimate of drug-likeness (QED) is 0.556. The van der Waals surface area contributed by atoms with Crippen LogP contribution < -0.4 is 10.2 Å². The van der Waals surface area contributed by atoms with Crippen LogP contribution in [0.5, 0.6) is 0 Å². The number of nitro groups is 1. The molecule has 0 saturated carbocycles. The lowest BCUT2D eigenvalue weighted by molar-refractivity contribution is -0.383. The van der Waals surface area contributed by atoms with E-state index < -0.39 is 21.7 Å². The number of nitrogens with zero attached hydrogens (tertiary/aromatic N) is 4. The molecule has 0 unspecified atom stereocenters. The summed E-state index contributed by atoms with van der Waals surface area (Å²) in [6.07, 6.45) is -1.75. The second-order valence-electron chi connectivity index (χ2n) is 6.64. The van der Waals surface area contributed by atoms with Gasteiger partial charge in [-0.05, 0) is 37.0 Å². The lowest BCUT2D eigenvalue weighted by Gasteiger charge is -2.30. The zero-order valence-electron chi connectivity index (χ0n) is 14.8. The maximum Gasteiger partial charge on any atom is 0.417 e. The van der Waals surface area contributed by atoms with E-state index in [-0.39, 0.29) is 23.0 Å². The Morgan fingerprint density at radius 2 is 1.96 bits per heavy atom. The Balaban J connectivity index is 1.97. The molecule has 1 saturated heterocycles. The topological polar surface area (TPSA) is 84.2 Å². The second-order valence-corrected chi connectivity index (χ2v) is 7.05. The average molecular weight is 416 g/mol. The number of nitrogens with one attached hydrogen (secondary N) is 1.